The molecule has 3 nitrogen and oxygen atoms in total. The van der Waals surface area contributed by atoms with Crippen molar-refractivity contribution in [1.29, 1.82) is 0 Å². The van der Waals surface area contributed by atoms with Crippen molar-refractivity contribution in [2.24, 2.45) is 0 Å². The molecule has 0 aliphatic heterocycles. The highest BCUT2D eigenvalue weighted by Gasteiger charge is 2.07. The van der Waals surface area contributed by atoms with Gasteiger partial charge >= 0.3 is 0 Å². The molecule has 0 fully saturated rings. The van der Waals surface area contributed by atoms with Gasteiger partial charge in [-0.1, -0.05) is 19.1 Å². The summed E-state index contributed by atoms with van der Waals surface area (Å²) >= 11 is 0. The fourth-order valence-electron chi connectivity index (χ4n) is 1.43. The van der Waals surface area contributed by atoms with E-state index in [2.05, 4.69) is 12.2 Å². The summed E-state index contributed by atoms with van der Waals surface area (Å²) in [5.41, 5.74) is 1.21. The smallest absolute Gasteiger partial charge is 0.250 e. The molecule has 1 unspecified atom stereocenters. The molecule has 18 heavy (non-hydrogen) atoms. The number of aryl methyl sites for hydroxylation is 1. The van der Waals surface area contributed by atoms with Gasteiger partial charge in [0.15, 0.2) is 0 Å². The van der Waals surface area contributed by atoms with Gasteiger partial charge in [-0.3, -0.25) is 0 Å². The minimum atomic E-state index is -2.40. The van der Waals surface area contributed by atoms with Crippen molar-refractivity contribution in [2.45, 2.75) is 25.9 Å². The van der Waals surface area contributed by atoms with Crippen LogP contribution in [0.3, 0.4) is 0 Å². The number of ether oxygens (including phenoxy) is 1. The first-order valence-corrected chi connectivity index (χ1v) is 6.00. The zero-order valence-electron chi connectivity index (χ0n) is 10.4. The second-order valence-electron chi connectivity index (χ2n) is 4.01. The molecular weight excluding hydrogens is 240 g/mol. The summed E-state index contributed by atoms with van der Waals surface area (Å²) in [6.07, 6.45) is -2.24. The molecule has 0 amide bonds. The number of aliphatic hydroxyl groups excluding tert-OH is 1. The van der Waals surface area contributed by atoms with Crippen LogP contribution in [0, 0.1) is 0 Å². The van der Waals surface area contributed by atoms with Gasteiger partial charge in [-0.05, 0) is 24.1 Å². The molecular formula is C13H19F2NO2. The van der Waals surface area contributed by atoms with Gasteiger partial charge in [-0.2, -0.15) is 0 Å². The standard InChI is InChI=1S/C13H19F2NO2/c1-2-10-3-5-12(6-4-10)18-9-11(17)7-16-8-13(14)15/h3-6,11,13,16-17H,2,7-9H2,1H3. The molecule has 0 saturated heterocycles. The molecule has 1 rings (SSSR count). The van der Waals surface area contributed by atoms with Crippen LogP contribution >= 0.6 is 0 Å². The third-order valence-electron chi connectivity index (χ3n) is 2.45. The molecule has 102 valence electrons. The summed E-state index contributed by atoms with van der Waals surface area (Å²) in [6.45, 7) is 1.83. The summed E-state index contributed by atoms with van der Waals surface area (Å²) in [4.78, 5) is 0. The molecule has 1 aromatic carbocycles. The Kier molecular flexibility index (Phi) is 6.60. The number of rotatable bonds is 8. The van der Waals surface area contributed by atoms with Crippen LogP contribution in [0.1, 0.15) is 12.5 Å². The molecule has 0 aliphatic rings. The van der Waals surface area contributed by atoms with Crippen LogP contribution in [-0.2, 0) is 6.42 Å². The predicted molar refractivity (Wildman–Crippen MR) is 66.2 cm³/mol. The average molecular weight is 259 g/mol. The summed E-state index contributed by atoms with van der Waals surface area (Å²) in [5.74, 6) is 0.667. The van der Waals surface area contributed by atoms with E-state index in [4.69, 9.17) is 4.74 Å². The highest BCUT2D eigenvalue weighted by atomic mass is 19.3. The number of hydrogen-bond acceptors (Lipinski definition) is 3. The monoisotopic (exact) mass is 259 g/mol. The molecule has 0 radical (unpaired) electrons. The number of halogens is 2. The van der Waals surface area contributed by atoms with Crippen LogP contribution in [0.4, 0.5) is 8.78 Å². The zero-order valence-corrected chi connectivity index (χ0v) is 10.4. The number of benzene rings is 1. The van der Waals surface area contributed by atoms with E-state index in [1.165, 1.54) is 5.56 Å². The maximum Gasteiger partial charge on any atom is 0.250 e. The first-order chi connectivity index (χ1) is 8.61. The highest BCUT2D eigenvalue weighted by molar-refractivity contribution is 5.27. The van der Waals surface area contributed by atoms with Crippen LogP contribution in [0.2, 0.25) is 0 Å². The largest absolute Gasteiger partial charge is 0.491 e. The number of nitrogens with one attached hydrogen (secondary N) is 1. The Morgan fingerprint density at radius 1 is 1.22 bits per heavy atom. The van der Waals surface area contributed by atoms with Crippen molar-refractivity contribution in [3.05, 3.63) is 29.8 Å². The van der Waals surface area contributed by atoms with Crippen molar-refractivity contribution in [2.75, 3.05) is 19.7 Å². The summed E-state index contributed by atoms with van der Waals surface area (Å²) in [5, 5.41) is 12.0. The second-order valence-corrected chi connectivity index (χ2v) is 4.01. The molecule has 0 bridgehead atoms. The van der Waals surface area contributed by atoms with Crippen LogP contribution in [0.5, 0.6) is 5.75 Å². The van der Waals surface area contributed by atoms with Gasteiger partial charge in [-0.15, -0.1) is 0 Å². The fraction of sp³-hybridized carbons (Fsp3) is 0.538. The Labute approximate surface area is 106 Å². The van der Waals surface area contributed by atoms with Gasteiger partial charge in [0.05, 0.1) is 6.54 Å². The Morgan fingerprint density at radius 3 is 2.44 bits per heavy atom. The van der Waals surface area contributed by atoms with E-state index < -0.39 is 19.1 Å². The zero-order chi connectivity index (χ0) is 13.4. The Balaban J connectivity index is 2.22. The number of alkyl halides is 2. The second kappa shape index (κ2) is 8.00. The number of aliphatic hydroxyl groups is 1. The van der Waals surface area contributed by atoms with E-state index in [0.717, 1.165) is 6.42 Å². The lowest BCUT2D eigenvalue weighted by atomic mass is 10.2. The van der Waals surface area contributed by atoms with Crippen molar-refractivity contribution in [1.82, 2.24) is 5.32 Å². The first kappa shape index (κ1) is 14.9. The average Bonchev–Trinajstić information content (AvgIpc) is 2.36. The van der Waals surface area contributed by atoms with E-state index in [0.29, 0.717) is 5.75 Å². The maximum absolute atomic E-state index is 11.8. The topological polar surface area (TPSA) is 41.5 Å². The predicted octanol–water partition coefficient (Wildman–Crippen LogP) is 1.84. The van der Waals surface area contributed by atoms with Crippen LogP contribution in [-0.4, -0.2) is 37.3 Å². The molecule has 1 atom stereocenters. The minimum absolute atomic E-state index is 0.0850. The van der Waals surface area contributed by atoms with Gasteiger partial charge in [0.2, 0.25) is 0 Å². The van der Waals surface area contributed by atoms with E-state index in [1.54, 1.807) is 0 Å². The van der Waals surface area contributed by atoms with E-state index in [1.807, 2.05) is 24.3 Å². The van der Waals surface area contributed by atoms with Crippen molar-refractivity contribution in [3.63, 3.8) is 0 Å². The minimum Gasteiger partial charge on any atom is -0.491 e. The van der Waals surface area contributed by atoms with Crippen molar-refractivity contribution < 1.29 is 18.6 Å². The van der Waals surface area contributed by atoms with Crippen LogP contribution in [0.15, 0.2) is 24.3 Å². The summed E-state index contributed by atoms with van der Waals surface area (Å²) < 4.78 is 29.0. The third-order valence-corrected chi connectivity index (χ3v) is 2.45. The van der Waals surface area contributed by atoms with Gasteiger partial charge in [-0.25, -0.2) is 8.78 Å². The lowest BCUT2D eigenvalue weighted by Crippen LogP contribution is -2.33. The van der Waals surface area contributed by atoms with Gasteiger partial charge in [0, 0.05) is 6.54 Å². The Morgan fingerprint density at radius 2 is 1.89 bits per heavy atom. The Hall–Kier alpha value is -1.20. The molecule has 2 N–H and O–H groups in total. The van der Waals surface area contributed by atoms with Crippen LogP contribution in [0.25, 0.3) is 0 Å². The molecule has 0 saturated carbocycles. The summed E-state index contributed by atoms with van der Waals surface area (Å²) in [7, 11) is 0. The molecule has 0 aliphatic carbocycles. The SMILES string of the molecule is CCc1ccc(OCC(O)CNCC(F)F)cc1. The maximum atomic E-state index is 11.8. The Bertz CT molecular complexity index is 330. The van der Waals surface area contributed by atoms with Crippen molar-refractivity contribution in [3.8, 4) is 5.75 Å². The molecule has 0 spiro atoms. The first-order valence-electron chi connectivity index (χ1n) is 6.00. The molecule has 0 aromatic heterocycles. The third kappa shape index (κ3) is 5.93. The normalized spacial score (nSPS) is 12.7. The van der Waals surface area contributed by atoms with Gasteiger partial charge in [0.25, 0.3) is 6.43 Å². The van der Waals surface area contributed by atoms with E-state index in [-0.39, 0.29) is 13.2 Å². The van der Waals surface area contributed by atoms with E-state index >= 15 is 0 Å². The summed E-state index contributed by atoms with van der Waals surface area (Å²) in [6, 6.07) is 7.57. The van der Waals surface area contributed by atoms with E-state index in [9.17, 15) is 13.9 Å². The lowest BCUT2D eigenvalue weighted by molar-refractivity contribution is 0.0951. The van der Waals surface area contributed by atoms with Gasteiger partial charge in [0.1, 0.15) is 18.5 Å². The lowest BCUT2D eigenvalue weighted by Gasteiger charge is -2.13. The molecule has 0 heterocycles. The fourth-order valence-corrected chi connectivity index (χ4v) is 1.43. The molecule has 1 aromatic rings. The number of hydrogen-bond donors (Lipinski definition) is 2. The van der Waals surface area contributed by atoms with Gasteiger partial charge < -0.3 is 15.2 Å². The van der Waals surface area contributed by atoms with Crippen LogP contribution < -0.4 is 10.1 Å². The quantitative estimate of drug-likeness (QED) is 0.748. The molecule has 5 heteroatoms. The van der Waals surface area contributed by atoms with Crippen molar-refractivity contribution >= 4 is 0 Å². The highest BCUT2D eigenvalue weighted by Crippen LogP contribution is 2.12.